The first-order valence-electron chi connectivity index (χ1n) is 7.38. The predicted octanol–water partition coefficient (Wildman–Crippen LogP) is 1.65. The summed E-state index contributed by atoms with van der Waals surface area (Å²) in [5.41, 5.74) is 6.83. The molecule has 1 aliphatic rings. The van der Waals surface area contributed by atoms with Crippen molar-refractivity contribution >= 4 is 17.4 Å². The Hall–Kier alpha value is -2.08. The van der Waals surface area contributed by atoms with Crippen molar-refractivity contribution in [2.24, 2.45) is 5.92 Å². The number of benzene rings is 1. The summed E-state index contributed by atoms with van der Waals surface area (Å²) in [7, 11) is 1.53. The van der Waals surface area contributed by atoms with Crippen LogP contribution in [0.5, 0.6) is 5.75 Å². The average molecular weight is 306 g/mol. The van der Waals surface area contributed by atoms with Crippen LogP contribution in [0.2, 0.25) is 0 Å². The van der Waals surface area contributed by atoms with Gasteiger partial charge in [0.1, 0.15) is 5.75 Å². The third kappa shape index (κ3) is 3.39. The second-order valence-electron chi connectivity index (χ2n) is 5.65. The molecular weight excluding hydrogens is 284 g/mol. The maximum atomic E-state index is 12.6. The van der Waals surface area contributed by atoms with Crippen molar-refractivity contribution in [3.8, 4) is 5.75 Å². The molecule has 0 aliphatic carbocycles. The molecule has 1 aromatic carbocycles. The minimum atomic E-state index is -0.749. The molecule has 22 heavy (non-hydrogen) atoms. The maximum Gasteiger partial charge on any atom is 0.306 e. The third-order valence-electron chi connectivity index (χ3n) is 4.32. The summed E-state index contributed by atoms with van der Waals surface area (Å²) in [5.74, 6) is -0.508. The highest BCUT2D eigenvalue weighted by atomic mass is 16.5. The van der Waals surface area contributed by atoms with Gasteiger partial charge < -0.3 is 15.6 Å². The molecule has 0 spiro atoms. The lowest BCUT2D eigenvalue weighted by Crippen LogP contribution is -2.45. The molecule has 1 aromatic rings. The number of piperidine rings is 1. The Kier molecular flexibility index (Phi) is 5.03. The summed E-state index contributed by atoms with van der Waals surface area (Å²) in [6.07, 6.45) is 1.16. The molecule has 0 saturated carbocycles. The van der Waals surface area contributed by atoms with Gasteiger partial charge in [0.15, 0.2) is 5.78 Å². The van der Waals surface area contributed by atoms with Crippen LogP contribution < -0.4 is 10.5 Å². The van der Waals surface area contributed by atoms with Crippen LogP contribution in [0.4, 0.5) is 5.69 Å². The number of rotatable bonds is 5. The Balaban J connectivity index is 2.03. The van der Waals surface area contributed by atoms with Crippen molar-refractivity contribution in [3.63, 3.8) is 0 Å². The number of ketones is 1. The van der Waals surface area contributed by atoms with Crippen LogP contribution in [-0.2, 0) is 4.79 Å². The van der Waals surface area contributed by atoms with Crippen molar-refractivity contribution in [3.05, 3.63) is 23.8 Å². The molecule has 2 rings (SSSR count). The van der Waals surface area contributed by atoms with Crippen molar-refractivity contribution in [2.75, 3.05) is 25.9 Å². The molecule has 120 valence electrons. The quantitative estimate of drug-likeness (QED) is 0.634. The molecule has 1 heterocycles. The predicted molar refractivity (Wildman–Crippen MR) is 83.1 cm³/mol. The number of hydrogen-bond donors (Lipinski definition) is 2. The molecule has 0 radical (unpaired) electrons. The topological polar surface area (TPSA) is 92.9 Å². The van der Waals surface area contributed by atoms with Gasteiger partial charge in [-0.2, -0.15) is 0 Å². The van der Waals surface area contributed by atoms with Crippen LogP contribution in [0.1, 0.15) is 30.1 Å². The minimum Gasteiger partial charge on any atom is -0.495 e. The molecule has 0 aromatic heterocycles. The van der Waals surface area contributed by atoms with Gasteiger partial charge >= 0.3 is 5.97 Å². The zero-order valence-corrected chi connectivity index (χ0v) is 12.9. The third-order valence-corrected chi connectivity index (χ3v) is 4.32. The fourth-order valence-electron chi connectivity index (χ4n) is 2.83. The fourth-order valence-corrected chi connectivity index (χ4v) is 2.83. The number of carboxylic acids is 1. The van der Waals surface area contributed by atoms with Crippen molar-refractivity contribution in [1.82, 2.24) is 4.90 Å². The van der Waals surface area contributed by atoms with E-state index in [4.69, 9.17) is 15.6 Å². The van der Waals surface area contributed by atoms with E-state index in [2.05, 4.69) is 0 Å². The van der Waals surface area contributed by atoms with Crippen LogP contribution >= 0.6 is 0 Å². The average Bonchev–Trinajstić information content (AvgIpc) is 2.53. The minimum absolute atomic E-state index is 0.0110. The normalized spacial score (nSPS) is 17.9. The first-order valence-corrected chi connectivity index (χ1v) is 7.38. The van der Waals surface area contributed by atoms with Crippen molar-refractivity contribution in [1.29, 1.82) is 0 Å². The second kappa shape index (κ2) is 6.79. The number of hydrogen-bond acceptors (Lipinski definition) is 5. The molecule has 6 nitrogen and oxygen atoms in total. The summed E-state index contributed by atoms with van der Waals surface area (Å²) < 4.78 is 5.09. The molecule has 0 amide bonds. The summed E-state index contributed by atoms with van der Waals surface area (Å²) in [4.78, 5) is 25.6. The lowest BCUT2D eigenvalue weighted by molar-refractivity contribution is -0.143. The summed E-state index contributed by atoms with van der Waals surface area (Å²) >= 11 is 0. The highest BCUT2D eigenvalue weighted by Crippen LogP contribution is 2.25. The van der Waals surface area contributed by atoms with E-state index in [9.17, 15) is 9.59 Å². The molecule has 1 saturated heterocycles. The van der Waals surface area contributed by atoms with E-state index in [0.717, 1.165) is 0 Å². The van der Waals surface area contributed by atoms with Crippen LogP contribution in [0.15, 0.2) is 18.2 Å². The number of methoxy groups -OCH3 is 1. The van der Waals surface area contributed by atoms with Gasteiger partial charge in [-0.1, -0.05) is 0 Å². The zero-order valence-electron chi connectivity index (χ0n) is 12.9. The lowest BCUT2D eigenvalue weighted by Gasteiger charge is -2.34. The Morgan fingerprint density at radius 1 is 1.36 bits per heavy atom. The summed E-state index contributed by atoms with van der Waals surface area (Å²) in [6, 6.07) is 4.73. The highest BCUT2D eigenvalue weighted by molar-refractivity contribution is 6.00. The molecule has 1 atom stereocenters. The monoisotopic (exact) mass is 306 g/mol. The Bertz CT molecular complexity index is 565. The van der Waals surface area contributed by atoms with Gasteiger partial charge in [0.2, 0.25) is 0 Å². The molecular formula is C16H22N2O4. The van der Waals surface area contributed by atoms with E-state index in [0.29, 0.717) is 42.9 Å². The van der Waals surface area contributed by atoms with E-state index in [1.54, 1.807) is 18.2 Å². The number of nitrogens with zero attached hydrogens (tertiary/aromatic N) is 1. The first-order chi connectivity index (χ1) is 10.4. The number of ether oxygens (including phenoxy) is 1. The van der Waals surface area contributed by atoms with Gasteiger partial charge in [-0.3, -0.25) is 14.5 Å². The van der Waals surface area contributed by atoms with E-state index < -0.39 is 5.97 Å². The van der Waals surface area contributed by atoms with E-state index in [-0.39, 0.29) is 17.7 Å². The van der Waals surface area contributed by atoms with E-state index in [1.807, 2.05) is 11.8 Å². The number of anilines is 1. The zero-order chi connectivity index (χ0) is 16.3. The standard InChI is InChI=1S/C16H22N2O4/c1-10(18-7-5-11(6-8-18)16(20)21)15(19)12-3-4-14(22-2)13(17)9-12/h3-4,9-11H,5-8,17H2,1-2H3,(H,20,21). The highest BCUT2D eigenvalue weighted by Gasteiger charge is 2.30. The number of carbonyl (C=O) groups excluding carboxylic acids is 1. The van der Waals surface area contributed by atoms with Crippen molar-refractivity contribution in [2.45, 2.75) is 25.8 Å². The summed E-state index contributed by atoms with van der Waals surface area (Å²) in [5, 5.41) is 9.02. The van der Waals surface area contributed by atoms with Gasteiger partial charge in [0.05, 0.1) is 24.8 Å². The molecule has 3 N–H and O–H groups in total. The van der Waals surface area contributed by atoms with Gasteiger partial charge in [-0.05, 0) is 51.1 Å². The number of nitrogen functional groups attached to an aromatic ring is 1. The van der Waals surface area contributed by atoms with Crippen LogP contribution in [0.25, 0.3) is 0 Å². The van der Waals surface area contributed by atoms with E-state index >= 15 is 0 Å². The SMILES string of the molecule is COc1ccc(C(=O)C(C)N2CCC(C(=O)O)CC2)cc1N. The number of carbonyl (C=O) groups is 2. The van der Waals surface area contributed by atoms with Gasteiger partial charge in [0, 0.05) is 5.56 Å². The molecule has 6 heteroatoms. The fraction of sp³-hybridized carbons (Fsp3) is 0.500. The van der Waals surface area contributed by atoms with E-state index in [1.165, 1.54) is 7.11 Å². The van der Waals surface area contributed by atoms with Crippen LogP contribution in [0, 0.1) is 5.92 Å². The Morgan fingerprint density at radius 3 is 2.50 bits per heavy atom. The number of Topliss-reactive ketones (excluding diaryl/α,β-unsaturated/α-hetero) is 1. The van der Waals surface area contributed by atoms with Gasteiger partial charge in [-0.15, -0.1) is 0 Å². The maximum absolute atomic E-state index is 12.6. The Morgan fingerprint density at radius 2 is 2.00 bits per heavy atom. The summed E-state index contributed by atoms with van der Waals surface area (Å²) in [6.45, 7) is 3.09. The first kappa shape index (κ1) is 16.3. The number of likely N-dealkylation sites (tertiary alicyclic amines) is 1. The van der Waals surface area contributed by atoms with Crippen molar-refractivity contribution < 1.29 is 19.4 Å². The number of nitrogens with two attached hydrogens (primary N) is 1. The molecule has 0 bridgehead atoms. The molecule has 1 fully saturated rings. The van der Waals surface area contributed by atoms with Crippen LogP contribution in [-0.4, -0.2) is 48.0 Å². The van der Waals surface area contributed by atoms with Gasteiger partial charge in [-0.25, -0.2) is 0 Å². The lowest BCUT2D eigenvalue weighted by atomic mass is 9.94. The number of aliphatic carboxylic acids is 1. The molecule has 1 aliphatic heterocycles. The Labute approximate surface area is 129 Å². The van der Waals surface area contributed by atoms with Crippen LogP contribution in [0.3, 0.4) is 0 Å². The second-order valence-corrected chi connectivity index (χ2v) is 5.65. The molecule has 1 unspecified atom stereocenters. The number of carboxylic acid groups (broad SMARTS) is 1. The smallest absolute Gasteiger partial charge is 0.306 e. The largest absolute Gasteiger partial charge is 0.495 e. The van der Waals surface area contributed by atoms with Gasteiger partial charge in [0.25, 0.3) is 0 Å².